The summed E-state index contributed by atoms with van der Waals surface area (Å²) in [7, 11) is 0. The molecule has 0 radical (unpaired) electrons. The molecule has 2 rings (SSSR count). The van der Waals surface area contributed by atoms with Crippen LogP contribution in [0, 0.1) is 34.8 Å². The predicted molar refractivity (Wildman–Crippen MR) is 86.1 cm³/mol. The van der Waals surface area contributed by atoms with E-state index in [1.165, 1.54) is 18.6 Å². The van der Waals surface area contributed by atoms with Gasteiger partial charge in [0, 0.05) is 18.2 Å². The number of ether oxygens (including phenoxy) is 1. The Labute approximate surface area is 145 Å². The Morgan fingerprint density at radius 3 is 2.32 bits per heavy atom. The topological polar surface area (TPSA) is 33.0 Å². The Hall–Kier alpha value is -2.03. The SMILES string of the molecule is CCCC1CCC(C=CC(F)(F)Oc2cc(F)c(C#N)c(F)c2)CC1. The largest absolute Gasteiger partial charge is 0.429 e. The molecule has 1 aliphatic carbocycles. The fourth-order valence-corrected chi connectivity index (χ4v) is 3.23. The van der Waals surface area contributed by atoms with Gasteiger partial charge < -0.3 is 4.74 Å². The average molecular weight is 355 g/mol. The Morgan fingerprint density at radius 1 is 1.20 bits per heavy atom. The van der Waals surface area contributed by atoms with E-state index in [0.29, 0.717) is 24.1 Å². The number of nitriles is 1. The first-order valence-corrected chi connectivity index (χ1v) is 8.50. The first kappa shape index (κ1) is 19.3. The molecule has 136 valence electrons. The van der Waals surface area contributed by atoms with Gasteiger partial charge in [-0.3, -0.25) is 0 Å². The third kappa shape index (κ3) is 5.48. The summed E-state index contributed by atoms with van der Waals surface area (Å²) in [6, 6.07) is 2.49. The maximum Gasteiger partial charge on any atom is 0.419 e. The molecule has 6 heteroatoms. The van der Waals surface area contributed by atoms with Crippen LogP contribution in [0.5, 0.6) is 5.75 Å². The second-order valence-corrected chi connectivity index (χ2v) is 6.47. The normalized spacial score (nSPS) is 21.3. The van der Waals surface area contributed by atoms with Crippen LogP contribution in [0.1, 0.15) is 51.0 Å². The van der Waals surface area contributed by atoms with Gasteiger partial charge in [-0.25, -0.2) is 8.78 Å². The van der Waals surface area contributed by atoms with Gasteiger partial charge in [0.1, 0.15) is 29.0 Å². The first-order valence-electron chi connectivity index (χ1n) is 8.50. The standard InChI is InChI=1S/C19H21F4NO/c1-2-3-13-4-6-14(7-5-13)8-9-19(22,23)25-15-10-17(20)16(12-24)18(21)11-15/h8-11,13-14H,2-7H2,1H3. The number of rotatable bonds is 6. The molecule has 1 aliphatic rings. The molecule has 1 aromatic carbocycles. The van der Waals surface area contributed by atoms with Crippen LogP contribution in [-0.2, 0) is 0 Å². The van der Waals surface area contributed by atoms with Crippen molar-refractivity contribution in [3.05, 3.63) is 41.5 Å². The number of alkyl halides is 2. The highest BCUT2D eigenvalue weighted by Crippen LogP contribution is 2.33. The highest BCUT2D eigenvalue weighted by molar-refractivity contribution is 5.38. The molecule has 0 amide bonds. The molecule has 0 saturated heterocycles. The smallest absolute Gasteiger partial charge is 0.419 e. The van der Waals surface area contributed by atoms with Gasteiger partial charge in [0.15, 0.2) is 0 Å². The number of halogens is 4. The number of nitrogens with zero attached hydrogens (tertiary/aromatic N) is 1. The average Bonchev–Trinajstić information content (AvgIpc) is 2.54. The summed E-state index contributed by atoms with van der Waals surface area (Å²) in [6.07, 6.45) is 4.48. The maximum atomic E-state index is 13.9. The lowest BCUT2D eigenvalue weighted by molar-refractivity contribution is -0.132. The molecule has 1 saturated carbocycles. The lowest BCUT2D eigenvalue weighted by atomic mass is 9.80. The molecule has 1 aromatic rings. The molecule has 2 nitrogen and oxygen atoms in total. The summed E-state index contributed by atoms with van der Waals surface area (Å²) in [4.78, 5) is 0. The molecular weight excluding hydrogens is 334 g/mol. The Balaban J connectivity index is 1.97. The highest BCUT2D eigenvalue weighted by Gasteiger charge is 2.30. The van der Waals surface area contributed by atoms with Crippen LogP contribution in [0.15, 0.2) is 24.3 Å². The molecular formula is C19H21F4NO. The molecule has 0 atom stereocenters. The molecule has 25 heavy (non-hydrogen) atoms. The number of hydrogen-bond acceptors (Lipinski definition) is 2. The highest BCUT2D eigenvalue weighted by atomic mass is 19.3. The van der Waals surface area contributed by atoms with Crippen LogP contribution in [0.2, 0.25) is 0 Å². The van der Waals surface area contributed by atoms with Gasteiger partial charge in [0.25, 0.3) is 0 Å². The van der Waals surface area contributed by atoms with Gasteiger partial charge in [0.05, 0.1) is 0 Å². The van der Waals surface area contributed by atoms with E-state index in [1.807, 2.05) is 0 Å². The van der Waals surface area contributed by atoms with Crippen LogP contribution in [0.4, 0.5) is 17.6 Å². The van der Waals surface area contributed by atoms with Crippen LogP contribution in [0.25, 0.3) is 0 Å². The van der Waals surface area contributed by atoms with Gasteiger partial charge in [0.2, 0.25) is 0 Å². The minimum Gasteiger partial charge on any atom is -0.429 e. The quantitative estimate of drug-likeness (QED) is 0.465. The van der Waals surface area contributed by atoms with Crippen molar-refractivity contribution in [2.24, 2.45) is 11.8 Å². The van der Waals surface area contributed by atoms with Crippen molar-refractivity contribution < 1.29 is 22.3 Å². The van der Waals surface area contributed by atoms with Crippen LogP contribution in [-0.4, -0.2) is 6.11 Å². The minimum atomic E-state index is -3.67. The third-order valence-electron chi connectivity index (χ3n) is 4.53. The van der Waals surface area contributed by atoms with E-state index in [0.717, 1.165) is 32.1 Å². The van der Waals surface area contributed by atoms with E-state index < -0.39 is 29.1 Å². The Bertz CT molecular complexity index is 635. The fourth-order valence-electron chi connectivity index (χ4n) is 3.23. The van der Waals surface area contributed by atoms with E-state index in [-0.39, 0.29) is 5.92 Å². The fraction of sp³-hybridized carbons (Fsp3) is 0.526. The van der Waals surface area contributed by atoms with E-state index >= 15 is 0 Å². The third-order valence-corrected chi connectivity index (χ3v) is 4.53. The zero-order valence-electron chi connectivity index (χ0n) is 14.1. The van der Waals surface area contributed by atoms with E-state index in [4.69, 9.17) is 5.26 Å². The summed E-state index contributed by atoms with van der Waals surface area (Å²) >= 11 is 0. The zero-order chi connectivity index (χ0) is 18.4. The monoisotopic (exact) mass is 355 g/mol. The van der Waals surface area contributed by atoms with Gasteiger partial charge >= 0.3 is 6.11 Å². The number of hydrogen-bond donors (Lipinski definition) is 0. The van der Waals surface area contributed by atoms with Gasteiger partial charge in [-0.2, -0.15) is 14.0 Å². The van der Waals surface area contributed by atoms with Crippen LogP contribution in [0.3, 0.4) is 0 Å². The summed E-state index contributed by atoms with van der Waals surface area (Å²) < 4.78 is 59.1. The molecule has 0 spiro atoms. The Morgan fingerprint density at radius 2 is 1.80 bits per heavy atom. The minimum absolute atomic E-state index is 0.0667. The number of allylic oxidation sites excluding steroid dienone is 1. The van der Waals surface area contributed by atoms with Gasteiger partial charge in [-0.1, -0.05) is 25.8 Å². The summed E-state index contributed by atoms with van der Waals surface area (Å²) in [6.45, 7) is 2.14. The molecule has 0 heterocycles. The Kier molecular flexibility index (Phi) is 6.46. The lowest BCUT2D eigenvalue weighted by Gasteiger charge is -2.26. The predicted octanol–water partition coefficient (Wildman–Crippen LogP) is 5.97. The van der Waals surface area contributed by atoms with Gasteiger partial charge in [-0.05, 0) is 37.5 Å². The molecule has 0 aromatic heterocycles. The van der Waals surface area contributed by atoms with E-state index in [1.54, 1.807) is 0 Å². The summed E-state index contributed by atoms with van der Waals surface area (Å²) in [5.41, 5.74) is -0.824. The molecule has 0 unspecified atom stereocenters. The number of benzene rings is 1. The van der Waals surface area contributed by atoms with Crippen LogP contribution < -0.4 is 4.74 Å². The molecule has 0 bridgehead atoms. The van der Waals surface area contributed by atoms with Crippen molar-refractivity contribution >= 4 is 0 Å². The zero-order valence-corrected chi connectivity index (χ0v) is 14.1. The van der Waals surface area contributed by atoms with Crippen LogP contribution >= 0.6 is 0 Å². The lowest BCUT2D eigenvalue weighted by Crippen LogP contribution is -2.22. The second-order valence-electron chi connectivity index (χ2n) is 6.47. The molecule has 0 N–H and O–H groups in total. The molecule has 0 aliphatic heterocycles. The summed E-state index contributed by atoms with van der Waals surface area (Å²) in [5, 5.41) is 8.57. The summed E-state index contributed by atoms with van der Waals surface area (Å²) in [5.74, 6) is -2.37. The van der Waals surface area contributed by atoms with Crippen molar-refractivity contribution in [3.63, 3.8) is 0 Å². The van der Waals surface area contributed by atoms with Crippen molar-refractivity contribution in [1.82, 2.24) is 0 Å². The maximum absolute atomic E-state index is 13.9. The van der Waals surface area contributed by atoms with Crippen molar-refractivity contribution in [1.29, 1.82) is 5.26 Å². The second kappa shape index (κ2) is 8.37. The van der Waals surface area contributed by atoms with Gasteiger partial charge in [-0.15, -0.1) is 0 Å². The van der Waals surface area contributed by atoms with E-state index in [2.05, 4.69) is 11.7 Å². The van der Waals surface area contributed by atoms with E-state index in [9.17, 15) is 17.6 Å². The van der Waals surface area contributed by atoms with Crippen molar-refractivity contribution in [3.8, 4) is 11.8 Å². The van der Waals surface area contributed by atoms with Crippen molar-refractivity contribution in [2.45, 2.75) is 51.6 Å². The molecule has 1 fully saturated rings. The first-order chi connectivity index (χ1) is 11.8. The van der Waals surface area contributed by atoms with Crippen molar-refractivity contribution in [2.75, 3.05) is 0 Å².